The lowest BCUT2D eigenvalue weighted by Crippen LogP contribution is -2.06. The maximum atomic E-state index is 11.6. The monoisotopic (exact) mass is 326 g/mol. The molecule has 3 nitrogen and oxygen atoms in total. The second kappa shape index (κ2) is 5.51. The molecule has 0 fully saturated rings. The summed E-state index contributed by atoms with van der Waals surface area (Å²) in [4.78, 5) is 20.3. The fraction of sp³-hybridized carbons (Fsp3) is 0.0625. The molecule has 1 aromatic carbocycles. The number of rotatable bonds is 3. The highest BCUT2D eigenvalue weighted by Crippen LogP contribution is 2.28. The van der Waals surface area contributed by atoms with E-state index in [0.29, 0.717) is 0 Å². The van der Waals surface area contributed by atoms with Crippen LogP contribution in [-0.2, 0) is 4.79 Å². The number of carbonyl (C=O) groups excluding carboxylic acids is 1. The summed E-state index contributed by atoms with van der Waals surface area (Å²) in [5.74, 6) is -0.389. The molecule has 0 saturated carbocycles. The summed E-state index contributed by atoms with van der Waals surface area (Å²) in [5.41, 5.74) is 2.54. The smallest absolute Gasteiger partial charge is 0.133 e. The van der Waals surface area contributed by atoms with Crippen molar-refractivity contribution < 1.29 is 4.79 Å². The molecule has 0 aliphatic rings. The van der Waals surface area contributed by atoms with Crippen molar-refractivity contribution in [3.05, 3.63) is 70.6 Å². The van der Waals surface area contributed by atoms with E-state index in [9.17, 15) is 4.79 Å². The minimum absolute atomic E-state index is 0.389. The molecule has 1 unspecified atom stereocenters. The van der Waals surface area contributed by atoms with E-state index in [1.54, 1.807) is 6.20 Å². The first-order valence-electron chi connectivity index (χ1n) is 6.21. The molecule has 0 bridgehead atoms. The molecule has 3 rings (SSSR count). The van der Waals surface area contributed by atoms with Crippen molar-refractivity contribution >= 4 is 33.1 Å². The quantitative estimate of drug-likeness (QED) is 0.544. The van der Waals surface area contributed by atoms with Gasteiger partial charge in [-0.25, -0.2) is 4.98 Å². The highest BCUT2D eigenvalue weighted by atomic mass is 79.9. The van der Waals surface area contributed by atoms with E-state index in [0.717, 1.165) is 33.0 Å². The second-order valence-corrected chi connectivity index (χ2v) is 5.23. The molecule has 3 aromatic rings. The number of aldehydes is 1. The van der Waals surface area contributed by atoms with Gasteiger partial charge in [0.15, 0.2) is 0 Å². The van der Waals surface area contributed by atoms with Crippen molar-refractivity contribution in [3.63, 3.8) is 0 Å². The highest BCUT2D eigenvalue weighted by Gasteiger charge is 2.17. The first-order valence-corrected chi connectivity index (χ1v) is 7.00. The summed E-state index contributed by atoms with van der Waals surface area (Å²) in [6, 6.07) is 15.3. The van der Waals surface area contributed by atoms with Crippen molar-refractivity contribution in [1.29, 1.82) is 0 Å². The number of para-hydroxylation sites is 1. The number of aromatic nitrogens is 2. The Kier molecular flexibility index (Phi) is 3.56. The molecule has 98 valence electrons. The van der Waals surface area contributed by atoms with Gasteiger partial charge in [-0.3, -0.25) is 4.98 Å². The van der Waals surface area contributed by atoms with Gasteiger partial charge in [0.1, 0.15) is 10.9 Å². The minimum atomic E-state index is -0.389. The third-order valence-electron chi connectivity index (χ3n) is 3.21. The zero-order valence-corrected chi connectivity index (χ0v) is 12.1. The predicted molar refractivity (Wildman–Crippen MR) is 81.6 cm³/mol. The lowest BCUT2D eigenvalue weighted by molar-refractivity contribution is -0.108. The van der Waals surface area contributed by atoms with Crippen molar-refractivity contribution in [3.8, 4) is 0 Å². The summed E-state index contributed by atoms with van der Waals surface area (Å²) in [5, 5.41) is 0.980. The predicted octanol–water partition coefficient (Wildman–Crippen LogP) is 3.72. The van der Waals surface area contributed by atoms with Crippen molar-refractivity contribution in [2.45, 2.75) is 5.92 Å². The number of hydrogen-bond acceptors (Lipinski definition) is 3. The molecule has 0 amide bonds. The van der Waals surface area contributed by atoms with Crippen LogP contribution in [0.4, 0.5) is 0 Å². The Morgan fingerprint density at radius 3 is 2.70 bits per heavy atom. The van der Waals surface area contributed by atoms with Crippen molar-refractivity contribution in [2.75, 3.05) is 0 Å². The van der Waals surface area contributed by atoms with Gasteiger partial charge in [0.05, 0.1) is 17.1 Å². The Morgan fingerprint density at radius 1 is 1.05 bits per heavy atom. The van der Waals surface area contributed by atoms with E-state index < -0.39 is 0 Å². The molecule has 0 aliphatic heterocycles. The number of nitrogens with zero attached hydrogens (tertiary/aromatic N) is 2. The SMILES string of the molecule is O=CC(c1cccc(Br)n1)c1ccnc2ccccc12. The van der Waals surface area contributed by atoms with E-state index in [1.807, 2.05) is 48.5 Å². The van der Waals surface area contributed by atoms with Gasteiger partial charge in [-0.05, 0) is 45.8 Å². The van der Waals surface area contributed by atoms with Crippen LogP contribution in [0, 0.1) is 0 Å². The molecule has 20 heavy (non-hydrogen) atoms. The van der Waals surface area contributed by atoms with Crippen LogP contribution < -0.4 is 0 Å². The van der Waals surface area contributed by atoms with Crippen LogP contribution in [-0.4, -0.2) is 16.3 Å². The number of halogens is 1. The fourth-order valence-corrected chi connectivity index (χ4v) is 2.65. The van der Waals surface area contributed by atoms with E-state index in [2.05, 4.69) is 25.9 Å². The lowest BCUT2D eigenvalue weighted by atomic mass is 9.94. The molecular formula is C16H11BrN2O. The molecule has 0 aliphatic carbocycles. The molecular weight excluding hydrogens is 316 g/mol. The Labute approximate surface area is 124 Å². The fourth-order valence-electron chi connectivity index (χ4n) is 2.29. The Balaban J connectivity index is 2.19. The topological polar surface area (TPSA) is 42.9 Å². The van der Waals surface area contributed by atoms with E-state index in [1.165, 1.54) is 0 Å². The van der Waals surface area contributed by atoms with Gasteiger partial charge in [-0.15, -0.1) is 0 Å². The number of carbonyl (C=O) groups is 1. The van der Waals surface area contributed by atoms with Gasteiger partial charge in [0.2, 0.25) is 0 Å². The molecule has 0 N–H and O–H groups in total. The Bertz CT molecular complexity index is 768. The maximum Gasteiger partial charge on any atom is 0.133 e. The van der Waals surface area contributed by atoms with E-state index in [-0.39, 0.29) is 5.92 Å². The lowest BCUT2D eigenvalue weighted by Gasteiger charge is -2.13. The average Bonchev–Trinajstić information content (AvgIpc) is 2.48. The van der Waals surface area contributed by atoms with Crippen LogP contribution >= 0.6 is 15.9 Å². The molecule has 4 heteroatoms. The standard InChI is InChI=1S/C16H11BrN2O/c17-16-7-3-6-15(19-16)13(10-20)11-8-9-18-14-5-2-1-4-12(11)14/h1-10,13H. The number of fused-ring (bicyclic) bond motifs is 1. The van der Waals surface area contributed by atoms with E-state index in [4.69, 9.17) is 0 Å². The molecule has 2 heterocycles. The zero-order valence-electron chi connectivity index (χ0n) is 10.5. The number of pyridine rings is 2. The second-order valence-electron chi connectivity index (χ2n) is 4.42. The molecule has 0 spiro atoms. The van der Waals surface area contributed by atoms with Gasteiger partial charge in [-0.2, -0.15) is 0 Å². The van der Waals surface area contributed by atoms with Gasteiger partial charge >= 0.3 is 0 Å². The zero-order chi connectivity index (χ0) is 13.9. The van der Waals surface area contributed by atoms with Gasteiger partial charge in [0, 0.05) is 11.6 Å². The summed E-state index contributed by atoms with van der Waals surface area (Å²) >= 11 is 3.34. The molecule has 1 atom stereocenters. The Hall–Kier alpha value is -2.07. The third kappa shape index (κ3) is 2.34. The average molecular weight is 327 g/mol. The van der Waals surface area contributed by atoms with Crippen LogP contribution in [0.2, 0.25) is 0 Å². The van der Waals surface area contributed by atoms with Crippen LogP contribution in [0.3, 0.4) is 0 Å². The number of hydrogen-bond donors (Lipinski definition) is 0. The Morgan fingerprint density at radius 2 is 1.90 bits per heavy atom. The highest BCUT2D eigenvalue weighted by molar-refractivity contribution is 9.10. The van der Waals surface area contributed by atoms with Gasteiger partial charge in [-0.1, -0.05) is 24.3 Å². The first kappa shape index (κ1) is 12.9. The minimum Gasteiger partial charge on any atom is -0.302 e. The van der Waals surface area contributed by atoms with Crippen LogP contribution in [0.1, 0.15) is 17.2 Å². The summed E-state index contributed by atoms with van der Waals surface area (Å²) < 4.78 is 0.722. The van der Waals surface area contributed by atoms with Crippen molar-refractivity contribution in [1.82, 2.24) is 9.97 Å². The van der Waals surface area contributed by atoms with Crippen LogP contribution in [0.5, 0.6) is 0 Å². The van der Waals surface area contributed by atoms with Crippen LogP contribution in [0.15, 0.2) is 59.3 Å². The summed E-state index contributed by atoms with van der Waals surface area (Å²) in [6.07, 6.45) is 2.66. The molecule has 0 saturated heterocycles. The van der Waals surface area contributed by atoms with E-state index >= 15 is 0 Å². The van der Waals surface area contributed by atoms with Crippen molar-refractivity contribution in [2.24, 2.45) is 0 Å². The first-order chi connectivity index (χ1) is 9.79. The normalized spacial score (nSPS) is 12.2. The molecule has 2 aromatic heterocycles. The molecule has 0 radical (unpaired) electrons. The largest absolute Gasteiger partial charge is 0.302 e. The van der Waals surface area contributed by atoms with Gasteiger partial charge in [0.25, 0.3) is 0 Å². The van der Waals surface area contributed by atoms with Gasteiger partial charge < -0.3 is 4.79 Å². The third-order valence-corrected chi connectivity index (χ3v) is 3.65. The summed E-state index contributed by atoms with van der Waals surface area (Å²) in [7, 11) is 0. The summed E-state index contributed by atoms with van der Waals surface area (Å²) in [6.45, 7) is 0. The maximum absolute atomic E-state index is 11.6. The number of benzene rings is 1. The van der Waals surface area contributed by atoms with Crippen LogP contribution in [0.25, 0.3) is 10.9 Å².